The smallest absolute Gasteiger partial charge is 0.335 e. The molecule has 0 radical (unpaired) electrons. The Kier molecular flexibility index (Phi) is 5.46. The van der Waals surface area contributed by atoms with Crippen molar-refractivity contribution in [1.29, 1.82) is 0 Å². The van der Waals surface area contributed by atoms with Gasteiger partial charge in [0.25, 0.3) is 11.8 Å². The van der Waals surface area contributed by atoms with Crippen molar-refractivity contribution >= 4 is 47.2 Å². The first-order chi connectivity index (χ1) is 15.8. The van der Waals surface area contributed by atoms with Gasteiger partial charge in [0.15, 0.2) is 5.75 Å². The van der Waals surface area contributed by atoms with Gasteiger partial charge in [0, 0.05) is 0 Å². The number of rotatable bonds is 6. The van der Waals surface area contributed by atoms with Crippen molar-refractivity contribution in [3.05, 3.63) is 75.3 Å². The summed E-state index contributed by atoms with van der Waals surface area (Å²) in [5.74, 6) is -1.63. The van der Waals surface area contributed by atoms with Gasteiger partial charge in [0.1, 0.15) is 6.61 Å². The highest BCUT2D eigenvalue weighted by molar-refractivity contribution is 6.37. The Morgan fingerprint density at radius 2 is 1.64 bits per heavy atom. The molecule has 2 bridgehead atoms. The summed E-state index contributed by atoms with van der Waals surface area (Å²) in [7, 11) is 0. The minimum atomic E-state index is -1.00. The summed E-state index contributed by atoms with van der Waals surface area (Å²) in [6, 6.07) is 9.43. The van der Waals surface area contributed by atoms with Gasteiger partial charge >= 0.3 is 5.97 Å². The van der Waals surface area contributed by atoms with Gasteiger partial charge in [-0.2, -0.15) is 10.1 Å². The van der Waals surface area contributed by atoms with Crippen LogP contribution in [0.5, 0.6) is 5.75 Å². The molecule has 5 rings (SSSR count). The topological polar surface area (TPSA) is 96.3 Å². The van der Waals surface area contributed by atoms with E-state index >= 15 is 0 Å². The summed E-state index contributed by atoms with van der Waals surface area (Å²) >= 11 is 12.7. The molecule has 2 aromatic rings. The molecule has 0 spiro atoms. The molecule has 7 nitrogen and oxygen atoms in total. The minimum absolute atomic E-state index is 0.123. The molecule has 9 heteroatoms. The van der Waals surface area contributed by atoms with Crippen LogP contribution in [0, 0.1) is 23.7 Å². The van der Waals surface area contributed by atoms with Crippen LogP contribution in [-0.4, -0.2) is 34.1 Å². The van der Waals surface area contributed by atoms with E-state index in [9.17, 15) is 14.4 Å². The van der Waals surface area contributed by atoms with Gasteiger partial charge in [-0.25, -0.2) is 4.79 Å². The largest absolute Gasteiger partial charge is 0.486 e. The average Bonchev–Trinajstić information content (AvgIpc) is 3.46. The summed E-state index contributed by atoms with van der Waals surface area (Å²) < 4.78 is 5.72. The van der Waals surface area contributed by atoms with E-state index in [1.165, 1.54) is 18.3 Å². The van der Waals surface area contributed by atoms with Crippen molar-refractivity contribution in [2.24, 2.45) is 28.8 Å². The zero-order valence-electron chi connectivity index (χ0n) is 17.2. The summed E-state index contributed by atoms with van der Waals surface area (Å²) in [5.41, 5.74) is 1.45. The SMILES string of the molecule is O=C(O)c1ccc(COc2c(Cl)cc(C=NN3C(=O)[C@@H]4[C@H](C3=O)[C@H]3C=C[C@H]4C3)cc2Cl)cc1. The Hall–Kier alpha value is -3.16. The van der Waals surface area contributed by atoms with Crippen molar-refractivity contribution in [1.82, 2.24) is 5.01 Å². The average molecular weight is 485 g/mol. The second kappa shape index (κ2) is 8.32. The van der Waals surface area contributed by atoms with E-state index in [1.54, 1.807) is 24.3 Å². The fourth-order valence-corrected chi connectivity index (χ4v) is 5.43. The molecule has 1 saturated heterocycles. The molecule has 1 heterocycles. The maximum atomic E-state index is 12.7. The summed E-state index contributed by atoms with van der Waals surface area (Å²) in [6.07, 6.45) is 6.31. The maximum absolute atomic E-state index is 12.7. The van der Waals surface area contributed by atoms with Crippen LogP contribution in [0.4, 0.5) is 0 Å². The van der Waals surface area contributed by atoms with Crippen LogP contribution in [0.25, 0.3) is 0 Å². The summed E-state index contributed by atoms with van der Waals surface area (Å²) in [4.78, 5) is 36.4. The number of imide groups is 1. The number of carboxylic acid groups (broad SMARTS) is 1. The van der Waals surface area contributed by atoms with Crippen LogP contribution in [0.2, 0.25) is 10.0 Å². The molecule has 2 aromatic carbocycles. The van der Waals surface area contributed by atoms with E-state index < -0.39 is 5.97 Å². The van der Waals surface area contributed by atoms with Crippen molar-refractivity contribution in [3.63, 3.8) is 0 Å². The normalized spacial score (nSPS) is 25.3. The molecule has 1 N–H and O–H groups in total. The number of ether oxygens (including phenoxy) is 1. The summed E-state index contributed by atoms with van der Waals surface area (Å²) in [5, 5.41) is 14.6. The monoisotopic (exact) mass is 484 g/mol. The van der Waals surface area contributed by atoms with E-state index in [0.717, 1.165) is 17.0 Å². The van der Waals surface area contributed by atoms with E-state index in [1.807, 2.05) is 12.2 Å². The Bertz CT molecular complexity index is 1170. The molecule has 2 aliphatic carbocycles. The number of hydrogen-bond donors (Lipinski definition) is 1. The van der Waals surface area contributed by atoms with Gasteiger partial charge in [-0.05, 0) is 53.6 Å². The van der Waals surface area contributed by atoms with Crippen LogP contribution in [-0.2, 0) is 16.2 Å². The second-order valence-corrected chi connectivity index (χ2v) is 9.15. The molecular weight excluding hydrogens is 467 g/mol. The zero-order valence-corrected chi connectivity index (χ0v) is 18.7. The molecule has 2 fully saturated rings. The number of carboxylic acids is 1. The number of aromatic carboxylic acids is 1. The van der Waals surface area contributed by atoms with E-state index in [4.69, 9.17) is 33.0 Å². The molecule has 0 unspecified atom stereocenters. The predicted molar refractivity (Wildman–Crippen MR) is 121 cm³/mol. The number of fused-ring (bicyclic) bond motifs is 5. The standard InChI is InChI=1S/C24H18Cl2N2O5/c25-17-7-13(8-18(26)21(17)33-11-12-1-3-14(4-2-12)24(31)32)10-27-28-22(29)19-15-5-6-16(9-15)20(19)23(28)30/h1-8,10,15-16,19-20H,9,11H2,(H,31,32)/t15-,16-,19-,20+/m0/s1. The van der Waals surface area contributed by atoms with Gasteiger partial charge in [0.05, 0.1) is 33.7 Å². The first kappa shape index (κ1) is 21.7. The Labute approximate surface area is 199 Å². The number of carbonyl (C=O) groups is 3. The van der Waals surface area contributed by atoms with E-state index in [0.29, 0.717) is 5.56 Å². The number of amides is 2. The Morgan fingerprint density at radius 1 is 1.06 bits per heavy atom. The third-order valence-corrected chi connectivity index (χ3v) is 6.94. The van der Waals surface area contributed by atoms with Crippen LogP contribution in [0.15, 0.2) is 53.7 Å². The van der Waals surface area contributed by atoms with Gasteiger partial charge in [0.2, 0.25) is 0 Å². The fourth-order valence-electron chi connectivity index (χ4n) is 4.82. The molecule has 1 aliphatic heterocycles. The molecule has 2 amide bonds. The van der Waals surface area contributed by atoms with Gasteiger partial charge in [-0.3, -0.25) is 9.59 Å². The lowest BCUT2D eigenvalue weighted by Gasteiger charge is -2.13. The van der Waals surface area contributed by atoms with Crippen molar-refractivity contribution in [3.8, 4) is 5.75 Å². The van der Waals surface area contributed by atoms with Crippen LogP contribution >= 0.6 is 23.2 Å². The number of allylic oxidation sites excluding steroid dienone is 2. The Balaban J connectivity index is 1.28. The maximum Gasteiger partial charge on any atom is 0.335 e. The molecule has 33 heavy (non-hydrogen) atoms. The van der Waals surface area contributed by atoms with E-state index in [2.05, 4.69) is 5.10 Å². The van der Waals surface area contributed by atoms with Crippen LogP contribution < -0.4 is 4.74 Å². The molecule has 168 valence electrons. The van der Waals surface area contributed by atoms with Gasteiger partial charge in [-0.1, -0.05) is 47.5 Å². The zero-order chi connectivity index (χ0) is 23.3. The quantitative estimate of drug-likeness (QED) is 0.372. The fraction of sp³-hybridized carbons (Fsp3) is 0.250. The predicted octanol–water partition coefficient (Wildman–Crippen LogP) is 4.41. The molecule has 3 aliphatic rings. The van der Waals surface area contributed by atoms with Gasteiger partial charge < -0.3 is 9.84 Å². The number of benzene rings is 2. The molecular formula is C24H18Cl2N2O5. The number of halogens is 2. The lowest BCUT2D eigenvalue weighted by atomic mass is 9.85. The first-order valence-corrected chi connectivity index (χ1v) is 11.1. The second-order valence-electron chi connectivity index (χ2n) is 8.34. The minimum Gasteiger partial charge on any atom is -0.486 e. The van der Waals surface area contributed by atoms with Crippen LogP contribution in [0.3, 0.4) is 0 Å². The third kappa shape index (κ3) is 3.81. The highest BCUT2D eigenvalue weighted by atomic mass is 35.5. The first-order valence-electron chi connectivity index (χ1n) is 10.4. The lowest BCUT2D eigenvalue weighted by molar-refractivity contribution is -0.140. The Morgan fingerprint density at radius 3 is 2.18 bits per heavy atom. The van der Waals surface area contributed by atoms with Crippen molar-refractivity contribution in [2.45, 2.75) is 13.0 Å². The third-order valence-electron chi connectivity index (χ3n) is 6.37. The van der Waals surface area contributed by atoms with Gasteiger partial charge in [-0.15, -0.1) is 0 Å². The molecule has 4 atom stereocenters. The highest BCUT2D eigenvalue weighted by Gasteiger charge is 2.59. The van der Waals surface area contributed by atoms with Crippen LogP contribution in [0.1, 0.15) is 27.9 Å². The summed E-state index contributed by atoms with van der Waals surface area (Å²) in [6.45, 7) is 0.142. The highest BCUT2D eigenvalue weighted by Crippen LogP contribution is 2.52. The number of nitrogens with zero attached hydrogens (tertiary/aromatic N) is 2. The molecule has 0 aromatic heterocycles. The lowest BCUT2D eigenvalue weighted by Crippen LogP contribution is -2.28. The van der Waals surface area contributed by atoms with Crippen molar-refractivity contribution < 1.29 is 24.2 Å². The number of hydrogen-bond acceptors (Lipinski definition) is 5. The molecule has 1 saturated carbocycles. The van der Waals surface area contributed by atoms with E-state index in [-0.39, 0.29) is 63.5 Å². The number of carbonyl (C=O) groups excluding carboxylic acids is 2. The van der Waals surface area contributed by atoms with Crippen molar-refractivity contribution in [2.75, 3.05) is 0 Å². The number of hydrazone groups is 1.